The van der Waals surface area contributed by atoms with Crippen LogP contribution in [0.4, 0.5) is 0 Å². The van der Waals surface area contributed by atoms with E-state index in [9.17, 15) is 18.0 Å². The fraction of sp³-hybridized carbons (Fsp3) is 0.667. The minimum atomic E-state index is -4.27. The Morgan fingerprint density at radius 1 is 1.25 bits per heavy atom. The van der Waals surface area contributed by atoms with Gasteiger partial charge in [0, 0.05) is 6.54 Å². The van der Waals surface area contributed by atoms with Gasteiger partial charge in [-0.2, -0.15) is 8.42 Å². The summed E-state index contributed by atoms with van der Waals surface area (Å²) in [5.41, 5.74) is 4.90. The van der Waals surface area contributed by atoms with Crippen molar-refractivity contribution in [1.82, 2.24) is 0 Å². The number of nitrogens with two attached hydrogens (primary N) is 1. The number of carboxylic acids is 1. The Labute approximate surface area is 90.6 Å². The molecule has 0 bridgehead atoms. The van der Waals surface area contributed by atoms with E-state index in [1.54, 1.807) is 0 Å². The second-order valence-electron chi connectivity index (χ2n) is 2.68. The highest BCUT2D eigenvalue weighted by Crippen LogP contribution is 2.01. The van der Waals surface area contributed by atoms with E-state index in [-0.39, 0.29) is 6.54 Å². The van der Waals surface area contributed by atoms with Gasteiger partial charge in [-0.05, 0) is 0 Å². The Morgan fingerprint density at radius 2 is 1.75 bits per heavy atom. The predicted molar refractivity (Wildman–Crippen MR) is 48.6 cm³/mol. The fourth-order valence-electron chi connectivity index (χ4n) is 0.624. The highest BCUT2D eigenvalue weighted by Gasteiger charge is 2.33. The number of aliphatic hydroxyl groups is 2. The molecule has 0 aliphatic carbocycles. The lowest BCUT2D eigenvalue weighted by atomic mass is 10.2. The summed E-state index contributed by atoms with van der Waals surface area (Å²) in [6.45, 7) is -0.312. The molecule has 10 heteroatoms. The highest BCUT2D eigenvalue weighted by molar-refractivity contribution is 7.87. The summed E-state index contributed by atoms with van der Waals surface area (Å²) in [4.78, 5) is 21.0. The molecule has 0 spiro atoms. The number of hydrogen-bond donors (Lipinski definition) is 4. The topological polar surface area (TPSA) is 164 Å². The summed E-state index contributed by atoms with van der Waals surface area (Å²) in [7, 11) is -4.27. The number of hydrogen-bond acceptors (Lipinski definition) is 8. The van der Waals surface area contributed by atoms with Crippen molar-refractivity contribution >= 4 is 22.1 Å². The SMILES string of the molecule is NCCS(=O)(=O)OC(=O)C(O)C(O)C(=O)O. The lowest BCUT2D eigenvalue weighted by Crippen LogP contribution is -2.41. The first-order valence-corrected chi connectivity index (χ1v) is 5.54. The van der Waals surface area contributed by atoms with Gasteiger partial charge in [0.25, 0.3) is 0 Å². The molecule has 16 heavy (non-hydrogen) atoms. The molecule has 0 amide bonds. The maximum absolute atomic E-state index is 10.9. The average Bonchev–Trinajstić information content (AvgIpc) is 2.14. The van der Waals surface area contributed by atoms with Crippen LogP contribution in [-0.4, -0.2) is 60.2 Å². The molecule has 0 heterocycles. The van der Waals surface area contributed by atoms with E-state index in [1.165, 1.54) is 0 Å². The predicted octanol–water partition coefficient (Wildman–Crippen LogP) is -3.38. The van der Waals surface area contributed by atoms with Crippen molar-refractivity contribution in [2.24, 2.45) is 5.73 Å². The molecule has 0 saturated carbocycles. The van der Waals surface area contributed by atoms with Crippen molar-refractivity contribution in [1.29, 1.82) is 0 Å². The van der Waals surface area contributed by atoms with Crippen molar-refractivity contribution < 1.29 is 37.5 Å². The van der Waals surface area contributed by atoms with Crippen LogP contribution in [0.25, 0.3) is 0 Å². The van der Waals surface area contributed by atoms with Crippen molar-refractivity contribution in [3.05, 3.63) is 0 Å². The van der Waals surface area contributed by atoms with Crippen molar-refractivity contribution in [3.8, 4) is 0 Å². The van der Waals surface area contributed by atoms with E-state index in [4.69, 9.17) is 21.1 Å². The zero-order valence-corrected chi connectivity index (χ0v) is 8.75. The Bertz CT molecular complexity index is 363. The zero-order valence-electron chi connectivity index (χ0n) is 7.94. The second kappa shape index (κ2) is 5.75. The number of carboxylic acid groups (broad SMARTS) is 1. The minimum absolute atomic E-state index is 0.312. The van der Waals surface area contributed by atoms with Crippen molar-refractivity contribution in [2.75, 3.05) is 12.3 Å². The van der Waals surface area contributed by atoms with Gasteiger partial charge in [0.1, 0.15) is 0 Å². The van der Waals surface area contributed by atoms with Gasteiger partial charge in [0.15, 0.2) is 12.2 Å². The van der Waals surface area contributed by atoms with Crippen LogP contribution in [0.2, 0.25) is 0 Å². The number of carbonyl (C=O) groups is 2. The third kappa shape index (κ3) is 4.53. The summed E-state index contributed by atoms with van der Waals surface area (Å²) in [6.07, 6.45) is -4.94. The van der Waals surface area contributed by atoms with Crippen LogP contribution < -0.4 is 5.73 Å². The molecule has 0 aromatic carbocycles. The third-order valence-electron chi connectivity index (χ3n) is 1.37. The molecule has 2 unspecified atom stereocenters. The Kier molecular flexibility index (Phi) is 5.30. The number of aliphatic carboxylic acids is 1. The molecule has 0 saturated heterocycles. The Morgan fingerprint density at radius 3 is 2.12 bits per heavy atom. The van der Waals surface area contributed by atoms with Gasteiger partial charge in [0.05, 0.1) is 5.75 Å². The fourth-order valence-corrected chi connectivity index (χ4v) is 1.35. The monoisotopic (exact) mass is 257 g/mol. The van der Waals surface area contributed by atoms with Crippen molar-refractivity contribution in [2.45, 2.75) is 12.2 Å². The molecule has 94 valence electrons. The molecular weight excluding hydrogens is 246 g/mol. The van der Waals surface area contributed by atoms with Gasteiger partial charge in [-0.15, -0.1) is 0 Å². The summed E-state index contributed by atoms with van der Waals surface area (Å²) < 4.78 is 25.5. The van der Waals surface area contributed by atoms with Crippen LogP contribution in [0.1, 0.15) is 0 Å². The molecule has 9 nitrogen and oxygen atoms in total. The van der Waals surface area contributed by atoms with Gasteiger partial charge in [-0.1, -0.05) is 0 Å². The van der Waals surface area contributed by atoms with Crippen LogP contribution in [-0.2, 0) is 23.9 Å². The van der Waals surface area contributed by atoms with Crippen molar-refractivity contribution in [3.63, 3.8) is 0 Å². The highest BCUT2D eigenvalue weighted by atomic mass is 32.2. The van der Waals surface area contributed by atoms with E-state index < -0.39 is 40.0 Å². The van der Waals surface area contributed by atoms with Crippen LogP contribution in [0, 0.1) is 0 Å². The van der Waals surface area contributed by atoms with Crippen LogP contribution >= 0.6 is 0 Å². The lowest BCUT2D eigenvalue weighted by Gasteiger charge is -2.12. The summed E-state index contributed by atoms with van der Waals surface area (Å²) in [5, 5.41) is 25.8. The van der Waals surface area contributed by atoms with E-state index >= 15 is 0 Å². The van der Waals surface area contributed by atoms with E-state index in [0.717, 1.165) is 0 Å². The lowest BCUT2D eigenvalue weighted by molar-refractivity contribution is -0.163. The summed E-state index contributed by atoms with van der Waals surface area (Å²) in [5.74, 6) is -4.33. The van der Waals surface area contributed by atoms with Gasteiger partial charge >= 0.3 is 22.1 Å². The van der Waals surface area contributed by atoms with Gasteiger partial charge in [-0.25, -0.2) is 9.59 Å². The first-order chi connectivity index (χ1) is 7.21. The molecule has 5 N–H and O–H groups in total. The molecule has 0 rings (SSSR count). The van der Waals surface area contributed by atoms with E-state index in [1.807, 2.05) is 0 Å². The Hall–Kier alpha value is -1.23. The summed E-state index contributed by atoms with van der Waals surface area (Å²) in [6, 6.07) is 0. The summed E-state index contributed by atoms with van der Waals surface area (Å²) >= 11 is 0. The molecule has 2 atom stereocenters. The standard InChI is InChI=1S/C6H11NO8S/c7-1-2-16(13,14)15-6(12)4(9)3(8)5(10)11/h3-4,8-9H,1-2,7H2,(H,10,11). The Balaban J connectivity index is 4.54. The quantitative estimate of drug-likeness (QED) is 0.355. The maximum Gasteiger partial charge on any atom is 0.353 e. The maximum atomic E-state index is 10.9. The van der Waals surface area contributed by atoms with Gasteiger partial charge < -0.3 is 25.2 Å². The smallest absolute Gasteiger partial charge is 0.353 e. The molecule has 0 radical (unpaired) electrons. The van der Waals surface area contributed by atoms with Gasteiger partial charge in [-0.3, -0.25) is 0 Å². The van der Waals surface area contributed by atoms with Crippen LogP contribution in [0.15, 0.2) is 0 Å². The largest absolute Gasteiger partial charge is 0.479 e. The number of aliphatic hydroxyl groups excluding tert-OH is 2. The second-order valence-corrected chi connectivity index (χ2v) is 4.37. The molecule has 0 aromatic rings. The van der Waals surface area contributed by atoms with Gasteiger partial charge in [0.2, 0.25) is 0 Å². The van der Waals surface area contributed by atoms with Crippen LogP contribution in [0.5, 0.6) is 0 Å². The number of rotatable bonds is 6. The molecule has 0 aliphatic heterocycles. The van der Waals surface area contributed by atoms with E-state index in [0.29, 0.717) is 0 Å². The van der Waals surface area contributed by atoms with E-state index in [2.05, 4.69) is 4.18 Å². The first kappa shape index (κ1) is 14.8. The molecular formula is C6H11NO8S. The third-order valence-corrected chi connectivity index (χ3v) is 2.52. The molecule has 0 aromatic heterocycles. The first-order valence-electron chi connectivity index (χ1n) is 3.96. The number of carbonyl (C=O) groups excluding carboxylic acids is 1. The molecule has 0 aliphatic rings. The molecule has 0 fully saturated rings. The minimum Gasteiger partial charge on any atom is -0.479 e. The zero-order chi connectivity index (χ0) is 12.9. The normalized spacial score (nSPS) is 15.2. The van der Waals surface area contributed by atoms with Crippen LogP contribution in [0.3, 0.4) is 0 Å². The average molecular weight is 257 g/mol.